The van der Waals surface area contributed by atoms with Gasteiger partial charge >= 0.3 is 0 Å². The molecular formula is C22H22N2O. The van der Waals surface area contributed by atoms with Crippen LogP contribution < -0.4 is 5.43 Å². The molecule has 126 valence electrons. The number of benzene rings is 2. The molecule has 1 fully saturated rings. The zero-order valence-electron chi connectivity index (χ0n) is 14.3. The lowest BCUT2D eigenvalue weighted by molar-refractivity contribution is -0.122. The molecule has 0 saturated heterocycles. The maximum absolute atomic E-state index is 12.2. The first-order chi connectivity index (χ1) is 12.2. The van der Waals surface area contributed by atoms with Crippen LogP contribution in [0.4, 0.5) is 0 Å². The number of allylic oxidation sites excluding steroid dienone is 3. The molecule has 1 amide bonds. The normalized spacial score (nSPS) is 20.1. The fraction of sp³-hybridized carbons (Fsp3) is 0.182. The van der Waals surface area contributed by atoms with Crippen LogP contribution in [0.25, 0.3) is 6.08 Å². The third-order valence-corrected chi connectivity index (χ3v) is 4.23. The van der Waals surface area contributed by atoms with Gasteiger partial charge in [-0.25, -0.2) is 5.43 Å². The Hall–Kier alpha value is -2.94. The van der Waals surface area contributed by atoms with Crippen LogP contribution in [-0.2, 0) is 4.79 Å². The van der Waals surface area contributed by atoms with E-state index in [0.717, 1.165) is 17.7 Å². The van der Waals surface area contributed by atoms with Crippen molar-refractivity contribution in [3.8, 4) is 0 Å². The summed E-state index contributed by atoms with van der Waals surface area (Å²) in [6, 6.07) is 20.3. The molecule has 2 aromatic rings. The number of carbonyl (C=O) groups is 1. The molecule has 0 aromatic heterocycles. The van der Waals surface area contributed by atoms with Crippen molar-refractivity contribution in [3.05, 3.63) is 90.0 Å². The summed E-state index contributed by atoms with van der Waals surface area (Å²) in [5.74, 6) is 0.378. The lowest BCUT2D eigenvalue weighted by atomic mass is 10.1. The molecule has 0 heterocycles. The molecule has 0 aliphatic heterocycles. The van der Waals surface area contributed by atoms with Gasteiger partial charge in [0.25, 0.3) is 0 Å². The fourth-order valence-electron chi connectivity index (χ4n) is 2.74. The number of rotatable bonds is 6. The number of carbonyl (C=O) groups excluding carboxylic acids is 1. The predicted octanol–water partition coefficient (Wildman–Crippen LogP) is 4.55. The van der Waals surface area contributed by atoms with Crippen molar-refractivity contribution in [1.82, 2.24) is 5.43 Å². The van der Waals surface area contributed by atoms with Gasteiger partial charge in [0.15, 0.2) is 0 Å². The smallest absolute Gasteiger partial charge is 0.243 e. The summed E-state index contributed by atoms with van der Waals surface area (Å²) in [7, 11) is 0. The third kappa shape index (κ3) is 5.01. The minimum Gasteiger partial charge on any atom is -0.273 e. The Morgan fingerprint density at radius 2 is 1.72 bits per heavy atom. The predicted molar refractivity (Wildman–Crippen MR) is 103 cm³/mol. The monoisotopic (exact) mass is 330 g/mol. The summed E-state index contributed by atoms with van der Waals surface area (Å²) >= 11 is 0. The maximum atomic E-state index is 12.2. The molecule has 1 saturated carbocycles. The summed E-state index contributed by atoms with van der Waals surface area (Å²) in [5.41, 5.74) is 5.82. The van der Waals surface area contributed by atoms with Crippen molar-refractivity contribution in [2.75, 3.05) is 0 Å². The summed E-state index contributed by atoms with van der Waals surface area (Å²) in [6.45, 7) is 1.87. The molecule has 1 aliphatic carbocycles. The molecule has 0 unspecified atom stereocenters. The quantitative estimate of drug-likeness (QED) is 0.471. The number of hydrazone groups is 1. The first kappa shape index (κ1) is 16.9. The SMILES string of the molecule is CC(/C=C/C=C/c1ccccc1)=N/NC(=O)[C@@H]1C[C@@H]1c1ccccc1. The average molecular weight is 330 g/mol. The van der Waals surface area contributed by atoms with Gasteiger partial charge in [-0.15, -0.1) is 0 Å². The van der Waals surface area contributed by atoms with Crippen LogP contribution in [0, 0.1) is 5.92 Å². The molecule has 25 heavy (non-hydrogen) atoms. The Balaban J connectivity index is 1.46. The average Bonchev–Trinajstić information content (AvgIpc) is 3.46. The molecule has 0 bridgehead atoms. The van der Waals surface area contributed by atoms with E-state index in [9.17, 15) is 4.79 Å². The molecular weight excluding hydrogens is 308 g/mol. The van der Waals surface area contributed by atoms with Crippen molar-refractivity contribution >= 4 is 17.7 Å². The van der Waals surface area contributed by atoms with Crippen molar-refractivity contribution in [3.63, 3.8) is 0 Å². The van der Waals surface area contributed by atoms with Crippen molar-refractivity contribution in [2.24, 2.45) is 11.0 Å². The number of nitrogens with one attached hydrogen (secondary N) is 1. The summed E-state index contributed by atoms with van der Waals surface area (Å²) in [5, 5.41) is 4.15. The van der Waals surface area contributed by atoms with Gasteiger partial charge in [0.2, 0.25) is 5.91 Å². The highest BCUT2D eigenvalue weighted by molar-refractivity contribution is 5.94. The molecule has 0 radical (unpaired) electrons. The second-order valence-electron chi connectivity index (χ2n) is 6.22. The second-order valence-corrected chi connectivity index (χ2v) is 6.22. The van der Waals surface area contributed by atoms with Gasteiger partial charge in [0, 0.05) is 5.92 Å². The van der Waals surface area contributed by atoms with E-state index in [1.165, 1.54) is 5.56 Å². The van der Waals surface area contributed by atoms with Crippen molar-refractivity contribution in [1.29, 1.82) is 0 Å². The van der Waals surface area contributed by atoms with Crippen LogP contribution in [0.2, 0.25) is 0 Å². The first-order valence-corrected chi connectivity index (χ1v) is 8.53. The van der Waals surface area contributed by atoms with Crippen LogP contribution in [-0.4, -0.2) is 11.6 Å². The standard InChI is InChI=1S/C22H22N2O/c1-17(10-8-9-13-18-11-4-2-5-12-18)23-24-22(25)21-16-20(21)19-14-6-3-7-15-19/h2-15,20-21H,16H2,1H3,(H,24,25)/b10-8+,13-9+,23-17-/t20-,21-/m1/s1. The highest BCUT2D eigenvalue weighted by Crippen LogP contribution is 2.47. The van der Waals surface area contributed by atoms with E-state index in [-0.39, 0.29) is 11.8 Å². The van der Waals surface area contributed by atoms with Crippen LogP contribution in [0.3, 0.4) is 0 Å². The molecule has 2 atom stereocenters. The van der Waals surface area contributed by atoms with Crippen molar-refractivity contribution < 1.29 is 4.79 Å². The molecule has 3 rings (SSSR count). The zero-order chi connectivity index (χ0) is 17.5. The van der Waals surface area contributed by atoms with Gasteiger partial charge in [-0.05, 0) is 36.5 Å². The maximum Gasteiger partial charge on any atom is 0.243 e. The minimum atomic E-state index is 0.00132. The van der Waals surface area contributed by atoms with Gasteiger partial charge in [-0.2, -0.15) is 5.10 Å². The minimum absolute atomic E-state index is 0.00132. The molecule has 0 spiro atoms. The first-order valence-electron chi connectivity index (χ1n) is 8.53. The highest BCUT2D eigenvalue weighted by atomic mass is 16.2. The Morgan fingerprint density at radius 1 is 1.04 bits per heavy atom. The third-order valence-electron chi connectivity index (χ3n) is 4.23. The largest absolute Gasteiger partial charge is 0.273 e. The number of hydrogen-bond donors (Lipinski definition) is 1. The van der Waals surface area contributed by atoms with E-state index in [1.54, 1.807) is 0 Å². The van der Waals surface area contributed by atoms with Gasteiger partial charge in [-0.3, -0.25) is 4.79 Å². The molecule has 3 heteroatoms. The number of hydrogen-bond acceptors (Lipinski definition) is 2. The lowest BCUT2D eigenvalue weighted by Crippen LogP contribution is -2.21. The molecule has 1 aliphatic rings. The lowest BCUT2D eigenvalue weighted by Gasteiger charge is -2.00. The zero-order valence-corrected chi connectivity index (χ0v) is 14.3. The van der Waals surface area contributed by atoms with E-state index in [4.69, 9.17) is 0 Å². The van der Waals surface area contributed by atoms with E-state index >= 15 is 0 Å². The van der Waals surface area contributed by atoms with Crippen LogP contribution in [0.5, 0.6) is 0 Å². The molecule has 3 nitrogen and oxygen atoms in total. The van der Waals surface area contributed by atoms with E-state index in [2.05, 4.69) is 22.7 Å². The fourth-order valence-corrected chi connectivity index (χ4v) is 2.74. The van der Waals surface area contributed by atoms with E-state index < -0.39 is 0 Å². The Morgan fingerprint density at radius 3 is 2.44 bits per heavy atom. The van der Waals surface area contributed by atoms with Crippen LogP contribution in [0.1, 0.15) is 30.4 Å². The van der Waals surface area contributed by atoms with Gasteiger partial charge < -0.3 is 0 Å². The van der Waals surface area contributed by atoms with Gasteiger partial charge in [-0.1, -0.05) is 78.9 Å². The number of amides is 1. The van der Waals surface area contributed by atoms with Crippen molar-refractivity contribution in [2.45, 2.75) is 19.3 Å². The molecule has 2 aromatic carbocycles. The van der Waals surface area contributed by atoms with E-state index in [0.29, 0.717) is 5.92 Å². The molecule has 1 N–H and O–H groups in total. The number of nitrogens with zero attached hydrogens (tertiary/aromatic N) is 1. The summed E-state index contributed by atoms with van der Waals surface area (Å²) in [4.78, 5) is 12.2. The Labute approximate surface area is 148 Å². The summed E-state index contributed by atoms with van der Waals surface area (Å²) < 4.78 is 0. The van der Waals surface area contributed by atoms with Gasteiger partial charge in [0.1, 0.15) is 0 Å². The highest BCUT2D eigenvalue weighted by Gasteiger charge is 2.43. The Kier molecular flexibility index (Phi) is 5.57. The summed E-state index contributed by atoms with van der Waals surface area (Å²) in [6.07, 6.45) is 8.68. The van der Waals surface area contributed by atoms with Crippen LogP contribution in [0.15, 0.2) is 84.0 Å². The van der Waals surface area contributed by atoms with E-state index in [1.807, 2.05) is 79.8 Å². The van der Waals surface area contributed by atoms with Gasteiger partial charge in [0.05, 0.1) is 5.71 Å². The van der Waals surface area contributed by atoms with Crippen LogP contribution >= 0.6 is 0 Å². The topological polar surface area (TPSA) is 41.5 Å². The Bertz CT molecular complexity index is 791. The second kappa shape index (κ2) is 8.25.